The van der Waals surface area contributed by atoms with Crippen LogP contribution in [0.1, 0.15) is 22.6 Å². The second kappa shape index (κ2) is 7.33. The first-order valence-corrected chi connectivity index (χ1v) is 11.0. The van der Waals surface area contributed by atoms with Crippen molar-refractivity contribution in [2.75, 3.05) is 0 Å². The number of hydrogen-bond donors (Lipinski definition) is 6. The third kappa shape index (κ3) is 3.04. The molecule has 0 aromatic heterocycles. The molecule has 0 fully saturated rings. The third-order valence-electron chi connectivity index (χ3n) is 6.69. The average Bonchev–Trinajstić information content (AvgIpc) is 2.80. The van der Waals surface area contributed by atoms with Crippen LogP contribution in [0.25, 0.3) is 32.3 Å². The molecule has 0 unspecified atom stereocenters. The lowest BCUT2D eigenvalue weighted by Gasteiger charge is -2.25. The van der Waals surface area contributed by atoms with Crippen LogP contribution in [0.2, 0.25) is 0 Å². The van der Waals surface area contributed by atoms with Crippen LogP contribution >= 0.6 is 0 Å². The van der Waals surface area contributed by atoms with E-state index in [0.717, 1.165) is 56.6 Å². The summed E-state index contributed by atoms with van der Waals surface area (Å²) in [5.74, 6) is -3.36. The van der Waals surface area contributed by atoms with Crippen molar-refractivity contribution < 1.29 is 30.6 Å². The molecule has 0 aliphatic rings. The molecule has 6 aromatic rings. The van der Waals surface area contributed by atoms with Crippen LogP contribution in [0.15, 0.2) is 78.9 Å². The molecule has 0 radical (unpaired) electrons. The first kappa shape index (κ1) is 20.7. The minimum absolute atomic E-state index is 0.00544. The van der Waals surface area contributed by atoms with Crippen LogP contribution in [0.5, 0.6) is 34.5 Å². The van der Waals surface area contributed by atoms with Gasteiger partial charge in [-0.15, -0.1) is 0 Å². The molecule has 6 nitrogen and oxygen atoms in total. The van der Waals surface area contributed by atoms with Gasteiger partial charge in [0.05, 0.1) is 0 Å². The van der Waals surface area contributed by atoms with E-state index in [1.807, 2.05) is 48.5 Å². The van der Waals surface area contributed by atoms with Gasteiger partial charge in [-0.05, 0) is 37.9 Å². The zero-order chi connectivity index (χ0) is 24.4. The van der Waals surface area contributed by atoms with Gasteiger partial charge in [0.25, 0.3) is 0 Å². The summed E-state index contributed by atoms with van der Waals surface area (Å²) >= 11 is 0. The molecular weight excluding hydrogens is 444 g/mol. The van der Waals surface area contributed by atoms with Crippen molar-refractivity contribution in [3.8, 4) is 34.5 Å². The zero-order valence-electron chi connectivity index (χ0n) is 18.3. The Labute approximate surface area is 199 Å². The van der Waals surface area contributed by atoms with Gasteiger partial charge in [-0.1, -0.05) is 54.6 Å². The van der Waals surface area contributed by atoms with Gasteiger partial charge in [-0.25, -0.2) is 0 Å². The van der Waals surface area contributed by atoms with Gasteiger partial charge in [0.1, 0.15) is 34.5 Å². The highest BCUT2D eigenvalue weighted by molar-refractivity contribution is 6.23. The molecule has 0 saturated carbocycles. The fourth-order valence-electron chi connectivity index (χ4n) is 5.27. The quantitative estimate of drug-likeness (QED) is 0.141. The van der Waals surface area contributed by atoms with Gasteiger partial charge in [0.2, 0.25) is 0 Å². The van der Waals surface area contributed by atoms with Crippen molar-refractivity contribution in [2.24, 2.45) is 0 Å². The van der Waals surface area contributed by atoms with Crippen LogP contribution < -0.4 is 0 Å². The van der Waals surface area contributed by atoms with E-state index in [1.54, 1.807) is 0 Å². The monoisotopic (exact) mass is 464 g/mol. The summed E-state index contributed by atoms with van der Waals surface area (Å²) in [6.45, 7) is 0. The highest BCUT2D eigenvalue weighted by atomic mass is 16.3. The van der Waals surface area contributed by atoms with Gasteiger partial charge in [-0.3, -0.25) is 0 Å². The Morgan fingerprint density at radius 1 is 0.457 bits per heavy atom. The second-order valence-electron chi connectivity index (χ2n) is 8.74. The SMILES string of the molecule is Oc1cc(O)c(C(c2c(O)cc(O)cc2O)c2ccc3ccc4cccc5ccc2c3c45)c(O)c1. The molecule has 35 heavy (non-hydrogen) atoms. The van der Waals surface area contributed by atoms with Gasteiger partial charge in [-0.2, -0.15) is 0 Å². The van der Waals surface area contributed by atoms with E-state index in [9.17, 15) is 30.6 Å². The van der Waals surface area contributed by atoms with Crippen molar-refractivity contribution >= 4 is 32.3 Å². The molecule has 0 amide bonds. The van der Waals surface area contributed by atoms with E-state index in [0.29, 0.717) is 5.56 Å². The van der Waals surface area contributed by atoms with Crippen LogP contribution in [-0.4, -0.2) is 30.6 Å². The number of phenolic OH excluding ortho intramolecular Hbond substituents is 6. The maximum absolute atomic E-state index is 10.8. The summed E-state index contributed by atoms with van der Waals surface area (Å²) in [6, 6.07) is 22.1. The molecule has 6 N–H and O–H groups in total. The first-order chi connectivity index (χ1) is 16.8. The van der Waals surface area contributed by atoms with Crippen molar-refractivity contribution in [2.45, 2.75) is 5.92 Å². The van der Waals surface area contributed by atoms with Crippen LogP contribution in [0.4, 0.5) is 0 Å². The molecule has 0 atom stereocenters. The van der Waals surface area contributed by atoms with E-state index < -0.39 is 28.9 Å². The number of benzene rings is 6. The van der Waals surface area contributed by atoms with Crippen LogP contribution in [0, 0.1) is 0 Å². The van der Waals surface area contributed by atoms with E-state index in [1.165, 1.54) is 0 Å². The van der Waals surface area contributed by atoms with Gasteiger partial charge < -0.3 is 30.6 Å². The fraction of sp³-hybridized carbons (Fsp3) is 0.0345. The highest BCUT2D eigenvalue weighted by Crippen LogP contribution is 2.51. The number of phenols is 6. The molecular formula is C29H20O6. The summed E-state index contributed by atoms with van der Waals surface area (Å²) in [5, 5.41) is 69.0. The standard InChI is InChI=1S/C29H20O6/c30-17-10-21(32)28(22(33)11-17)27(29-23(34)12-18(31)13-24(29)35)20-9-7-16-5-4-14-2-1-3-15-6-8-19(20)26(16)25(14)15/h1-13,27,30-35H. The summed E-state index contributed by atoms with van der Waals surface area (Å²) in [4.78, 5) is 0. The Balaban J connectivity index is 1.77. The lowest BCUT2D eigenvalue weighted by molar-refractivity contribution is 0.408. The largest absolute Gasteiger partial charge is 0.508 e. The Hall–Kier alpha value is -4.84. The highest BCUT2D eigenvalue weighted by Gasteiger charge is 2.31. The maximum atomic E-state index is 10.8. The Kier molecular flexibility index (Phi) is 4.35. The molecule has 0 heterocycles. The normalized spacial score (nSPS) is 11.8. The smallest absolute Gasteiger partial charge is 0.127 e. The first-order valence-electron chi connectivity index (χ1n) is 11.0. The number of rotatable bonds is 3. The molecule has 0 aliphatic heterocycles. The topological polar surface area (TPSA) is 121 Å². The van der Waals surface area contributed by atoms with Crippen LogP contribution in [-0.2, 0) is 0 Å². The lowest BCUT2D eigenvalue weighted by atomic mass is 9.79. The van der Waals surface area contributed by atoms with Crippen molar-refractivity contribution in [3.05, 3.63) is 95.6 Å². The minimum atomic E-state index is -1.04. The zero-order valence-corrected chi connectivity index (χ0v) is 18.3. The summed E-state index contributed by atoms with van der Waals surface area (Å²) in [5.41, 5.74) is 0.589. The van der Waals surface area contributed by atoms with Gasteiger partial charge in [0.15, 0.2) is 0 Å². The van der Waals surface area contributed by atoms with Crippen molar-refractivity contribution in [1.82, 2.24) is 0 Å². The van der Waals surface area contributed by atoms with E-state index in [2.05, 4.69) is 6.07 Å². The second-order valence-corrected chi connectivity index (χ2v) is 8.74. The molecule has 6 rings (SSSR count). The van der Waals surface area contributed by atoms with E-state index in [4.69, 9.17) is 0 Å². The Bertz CT molecular complexity index is 1650. The third-order valence-corrected chi connectivity index (χ3v) is 6.69. The van der Waals surface area contributed by atoms with Gasteiger partial charge in [0, 0.05) is 41.3 Å². The lowest BCUT2D eigenvalue weighted by Crippen LogP contribution is -2.06. The molecule has 6 aromatic carbocycles. The molecule has 6 heteroatoms. The summed E-state index contributed by atoms with van der Waals surface area (Å²) in [6.07, 6.45) is 0. The molecule has 0 bridgehead atoms. The summed E-state index contributed by atoms with van der Waals surface area (Å²) < 4.78 is 0. The predicted octanol–water partition coefficient (Wildman–Crippen LogP) is 6.00. The van der Waals surface area contributed by atoms with Crippen molar-refractivity contribution in [1.29, 1.82) is 0 Å². The van der Waals surface area contributed by atoms with Crippen LogP contribution in [0.3, 0.4) is 0 Å². The van der Waals surface area contributed by atoms with E-state index in [-0.39, 0.29) is 22.6 Å². The predicted molar refractivity (Wildman–Crippen MR) is 134 cm³/mol. The Morgan fingerprint density at radius 3 is 1.40 bits per heavy atom. The molecule has 0 saturated heterocycles. The molecule has 0 spiro atoms. The van der Waals surface area contributed by atoms with Gasteiger partial charge >= 0.3 is 0 Å². The number of hydrogen-bond acceptors (Lipinski definition) is 6. The van der Waals surface area contributed by atoms with Crippen molar-refractivity contribution in [3.63, 3.8) is 0 Å². The minimum Gasteiger partial charge on any atom is -0.508 e. The van der Waals surface area contributed by atoms with E-state index >= 15 is 0 Å². The number of aromatic hydroxyl groups is 6. The maximum Gasteiger partial charge on any atom is 0.127 e. The fourth-order valence-corrected chi connectivity index (χ4v) is 5.27. The summed E-state index contributed by atoms with van der Waals surface area (Å²) in [7, 11) is 0. The Morgan fingerprint density at radius 2 is 0.886 bits per heavy atom. The molecule has 172 valence electrons. The average molecular weight is 464 g/mol. The molecule has 0 aliphatic carbocycles.